The molecular weight excluding hydrogens is 255 g/mol. The number of rotatable bonds is 2. The van der Waals surface area contributed by atoms with Gasteiger partial charge in [0.1, 0.15) is 17.4 Å². The first-order valence-corrected chi connectivity index (χ1v) is 6.25. The van der Waals surface area contributed by atoms with Crippen molar-refractivity contribution in [1.29, 1.82) is 0 Å². The lowest BCUT2D eigenvalue weighted by Gasteiger charge is -2.11. The third-order valence-electron chi connectivity index (χ3n) is 3.18. The number of methoxy groups -OCH3 is 1. The van der Waals surface area contributed by atoms with Gasteiger partial charge in [-0.3, -0.25) is 0 Å². The van der Waals surface area contributed by atoms with Gasteiger partial charge in [-0.05, 0) is 25.1 Å². The molecule has 1 heterocycles. The number of nitrogens with zero attached hydrogens (tertiary/aromatic N) is 2. The summed E-state index contributed by atoms with van der Waals surface area (Å²) in [6.07, 6.45) is 1.77. The van der Waals surface area contributed by atoms with Crippen LogP contribution in [0.3, 0.4) is 0 Å². The fourth-order valence-electron chi connectivity index (χ4n) is 2.25. The summed E-state index contributed by atoms with van der Waals surface area (Å²) in [5, 5.41) is 0.916. The SMILES string of the molecule is COc1ccc(F)cc1-c1cccc2cnc(C)nc12. The van der Waals surface area contributed by atoms with Gasteiger partial charge >= 0.3 is 0 Å². The molecule has 3 nitrogen and oxygen atoms in total. The van der Waals surface area contributed by atoms with E-state index in [-0.39, 0.29) is 5.82 Å². The maximum Gasteiger partial charge on any atom is 0.126 e. The molecule has 0 radical (unpaired) electrons. The molecule has 0 bridgehead atoms. The second kappa shape index (κ2) is 4.89. The first kappa shape index (κ1) is 12.5. The van der Waals surface area contributed by atoms with Crippen molar-refractivity contribution < 1.29 is 9.13 Å². The Morgan fingerprint density at radius 1 is 1.10 bits per heavy atom. The van der Waals surface area contributed by atoms with Crippen molar-refractivity contribution in [2.24, 2.45) is 0 Å². The maximum atomic E-state index is 13.6. The first-order chi connectivity index (χ1) is 9.69. The number of fused-ring (bicyclic) bond motifs is 1. The van der Waals surface area contributed by atoms with Gasteiger partial charge in [0.2, 0.25) is 0 Å². The predicted molar refractivity (Wildman–Crippen MR) is 76.2 cm³/mol. The Kier molecular flexibility index (Phi) is 3.06. The van der Waals surface area contributed by atoms with Crippen LogP contribution in [0, 0.1) is 12.7 Å². The van der Waals surface area contributed by atoms with Gasteiger partial charge in [-0.15, -0.1) is 0 Å². The molecule has 0 aliphatic rings. The Balaban J connectivity index is 2.34. The molecule has 3 aromatic rings. The van der Waals surface area contributed by atoms with Gasteiger partial charge in [0, 0.05) is 22.7 Å². The van der Waals surface area contributed by atoms with E-state index in [9.17, 15) is 4.39 Å². The Hall–Kier alpha value is -2.49. The van der Waals surface area contributed by atoms with E-state index >= 15 is 0 Å². The first-order valence-electron chi connectivity index (χ1n) is 6.25. The van der Waals surface area contributed by atoms with Crippen LogP contribution >= 0.6 is 0 Å². The fourth-order valence-corrected chi connectivity index (χ4v) is 2.25. The van der Waals surface area contributed by atoms with Gasteiger partial charge in [-0.1, -0.05) is 18.2 Å². The van der Waals surface area contributed by atoms with Gasteiger partial charge in [-0.25, -0.2) is 14.4 Å². The van der Waals surface area contributed by atoms with Crippen molar-refractivity contribution in [2.45, 2.75) is 6.92 Å². The van der Waals surface area contributed by atoms with Crippen LogP contribution in [0.1, 0.15) is 5.82 Å². The Morgan fingerprint density at radius 3 is 2.75 bits per heavy atom. The highest BCUT2D eigenvalue weighted by atomic mass is 19.1. The third-order valence-corrected chi connectivity index (χ3v) is 3.18. The number of hydrogen-bond donors (Lipinski definition) is 0. The largest absolute Gasteiger partial charge is 0.496 e. The van der Waals surface area contributed by atoms with Crippen molar-refractivity contribution in [3.63, 3.8) is 0 Å². The molecule has 20 heavy (non-hydrogen) atoms. The van der Waals surface area contributed by atoms with E-state index in [1.54, 1.807) is 19.4 Å². The molecule has 0 fully saturated rings. The van der Waals surface area contributed by atoms with E-state index in [0.29, 0.717) is 17.1 Å². The lowest BCUT2D eigenvalue weighted by atomic mass is 10.0. The number of para-hydroxylation sites is 1. The highest BCUT2D eigenvalue weighted by Crippen LogP contribution is 2.34. The van der Waals surface area contributed by atoms with Crippen molar-refractivity contribution in [3.05, 3.63) is 54.2 Å². The normalized spacial score (nSPS) is 10.8. The van der Waals surface area contributed by atoms with E-state index in [1.165, 1.54) is 12.1 Å². The number of benzene rings is 2. The molecule has 0 amide bonds. The summed E-state index contributed by atoms with van der Waals surface area (Å²) in [7, 11) is 1.57. The van der Waals surface area contributed by atoms with Gasteiger partial charge in [0.25, 0.3) is 0 Å². The van der Waals surface area contributed by atoms with E-state index in [0.717, 1.165) is 16.5 Å². The average Bonchev–Trinajstić information content (AvgIpc) is 2.46. The van der Waals surface area contributed by atoms with Gasteiger partial charge in [-0.2, -0.15) is 0 Å². The topological polar surface area (TPSA) is 35.0 Å². The van der Waals surface area contributed by atoms with Crippen LogP contribution in [0.25, 0.3) is 22.0 Å². The van der Waals surface area contributed by atoms with Crippen molar-refractivity contribution in [1.82, 2.24) is 9.97 Å². The number of aromatic nitrogens is 2. The van der Waals surface area contributed by atoms with Crippen LogP contribution < -0.4 is 4.74 Å². The van der Waals surface area contributed by atoms with Crippen LogP contribution in [0.4, 0.5) is 4.39 Å². The summed E-state index contributed by atoms with van der Waals surface area (Å²) in [4.78, 5) is 8.65. The van der Waals surface area contributed by atoms with Crippen molar-refractivity contribution >= 4 is 10.9 Å². The van der Waals surface area contributed by atoms with Crippen molar-refractivity contribution in [2.75, 3.05) is 7.11 Å². The molecule has 0 atom stereocenters. The van der Waals surface area contributed by atoms with E-state index < -0.39 is 0 Å². The van der Waals surface area contributed by atoms with Gasteiger partial charge < -0.3 is 4.74 Å². The quantitative estimate of drug-likeness (QED) is 0.710. The maximum absolute atomic E-state index is 13.6. The van der Waals surface area contributed by atoms with Crippen molar-refractivity contribution in [3.8, 4) is 16.9 Å². The lowest BCUT2D eigenvalue weighted by Crippen LogP contribution is -1.93. The van der Waals surface area contributed by atoms with Crippen LogP contribution in [-0.4, -0.2) is 17.1 Å². The molecule has 100 valence electrons. The third kappa shape index (κ3) is 2.09. The van der Waals surface area contributed by atoms with Crippen LogP contribution in [0.5, 0.6) is 5.75 Å². The number of halogens is 1. The highest BCUT2D eigenvalue weighted by molar-refractivity contribution is 5.94. The molecule has 0 saturated heterocycles. The minimum Gasteiger partial charge on any atom is -0.496 e. The summed E-state index contributed by atoms with van der Waals surface area (Å²) in [5.41, 5.74) is 2.32. The number of ether oxygens (including phenoxy) is 1. The minimum absolute atomic E-state index is 0.302. The molecule has 2 aromatic carbocycles. The molecule has 0 unspecified atom stereocenters. The summed E-state index contributed by atoms with van der Waals surface area (Å²) < 4.78 is 18.9. The zero-order valence-electron chi connectivity index (χ0n) is 11.2. The zero-order chi connectivity index (χ0) is 14.1. The smallest absolute Gasteiger partial charge is 0.126 e. The summed E-state index contributed by atoms with van der Waals surface area (Å²) in [5.74, 6) is 0.999. The monoisotopic (exact) mass is 268 g/mol. The predicted octanol–water partition coefficient (Wildman–Crippen LogP) is 3.75. The minimum atomic E-state index is -0.302. The molecule has 4 heteroatoms. The standard InChI is InChI=1S/C16H13FN2O/c1-10-18-9-11-4-3-5-13(16(11)19-10)14-8-12(17)6-7-15(14)20-2/h3-9H,1-2H3. The Labute approximate surface area is 116 Å². The van der Waals surface area contributed by atoms with Crippen LogP contribution in [0.15, 0.2) is 42.6 Å². The van der Waals surface area contributed by atoms with Crippen LogP contribution in [0.2, 0.25) is 0 Å². The highest BCUT2D eigenvalue weighted by Gasteiger charge is 2.11. The Bertz CT molecular complexity index is 787. The summed E-state index contributed by atoms with van der Waals surface area (Å²) >= 11 is 0. The second-order valence-electron chi connectivity index (χ2n) is 4.51. The summed E-state index contributed by atoms with van der Waals surface area (Å²) in [6.45, 7) is 1.83. The number of aryl methyl sites for hydroxylation is 1. The fraction of sp³-hybridized carbons (Fsp3) is 0.125. The van der Waals surface area contributed by atoms with Crippen LogP contribution in [-0.2, 0) is 0 Å². The van der Waals surface area contributed by atoms with Gasteiger partial charge in [0.15, 0.2) is 0 Å². The average molecular weight is 268 g/mol. The van der Waals surface area contributed by atoms with E-state index in [1.807, 2.05) is 25.1 Å². The molecule has 0 aliphatic heterocycles. The molecule has 1 aromatic heterocycles. The molecule has 0 aliphatic carbocycles. The lowest BCUT2D eigenvalue weighted by molar-refractivity contribution is 0.415. The second-order valence-corrected chi connectivity index (χ2v) is 4.51. The molecule has 3 rings (SSSR count). The van der Waals surface area contributed by atoms with E-state index in [4.69, 9.17) is 4.74 Å². The molecule has 0 N–H and O–H groups in total. The molecular formula is C16H13FN2O. The Morgan fingerprint density at radius 2 is 1.95 bits per heavy atom. The van der Waals surface area contributed by atoms with E-state index in [2.05, 4.69) is 9.97 Å². The number of hydrogen-bond acceptors (Lipinski definition) is 3. The summed E-state index contributed by atoms with van der Waals surface area (Å²) in [6, 6.07) is 10.2. The van der Waals surface area contributed by atoms with Gasteiger partial charge in [0.05, 0.1) is 12.6 Å². The molecule has 0 spiro atoms. The zero-order valence-corrected chi connectivity index (χ0v) is 11.2. The molecule has 0 saturated carbocycles.